The second-order valence-electron chi connectivity index (χ2n) is 13.8. The molecule has 2 heteroatoms. The summed E-state index contributed by atoms with van der Waals surface area (Å²) in [6, 6.07) is 59.5. The Kier molecular flexibility index (Phi) is 5.95. The zero-order valence-corrected chi connectivity index (χ0v) is 27.4. The summed E-state index contributed by atoms with van der Waals surface area (Å²) in [7, 11) is 0. The standard InChI is InChI=1S/C47H33NO/c1-47(2)42-19-11-10-18-38(42)39-23-22-37(29-43(39)47)48(36-21-20-31-14-6-7-15-32(31)24-36)44-27-35(30-12-4-3-5-13-30)26-41-40-25-33-16-8-9-17-34(33)28-45(40)49-46(41)44/h3-29H,1-2H3. The van der Waals surface area contributed by atoms with Gasteiger partial charge in [0, 0.05) is 27.6 Å². The van der Waals surface area contributed by atoms with Crippen LogP contribution in [0.3, 0.4) is 0 Å². The fourth-order valence-electron chi connectivity index (χ4n) is 8.08. The van der Waals surface area contributed by atoms with Gasteiger partial charge in [-0.3, -0.25) is 0 Å². The third-order valence-electron chi connectivity index (χ3n) is 10.6. The zero-order chi connectivity index (χ0) is 32.7. The fourth-order valence-corrected chi connectivity index (χ4v) is 8.08. The molecule has 9 aromatic rings. The van der Waals surface area contributed by atoms with Crippen LogP contribution in [0.4, 0.5) is 17.1 Å². The molecule has 0 fully saturated rings. The topological polar surface area (TPSA) is 16.4 Å². The smallest absolute Gasteiger partial charge is 0.159 e. The van der Waals surface area contributed by atoms with E-state index in [1.165, 1.54) is 49.4 Å². The van der Waals surface area contributed by atoms with E-state index in [2.05, 4.69) is 183 Å². The molecule has 8 aromatic carbocycles. The number of rotatable bonds is 4. The van der Waals surface area contributed by atoms with Crippen LogP contribution in [0.2, 0.25) is 0 Å². The van der Waals surface area contributed by atoms with Gasteiger partial charge in [-0.1, -0.05) is 129 Å². The number of furan rings is 1. The molecule has 0 saturated carbocycles. The lowest BCUT2D eigenvalue weighted by molar-refractivity contribution is 0.660. The molecule has 0 unspecified atom stereocenters. The first-order chi connectivity index (χ1) is 24.0. The van der Waals surface area contributed by atoms with E-state index in [1.54, 1.807) is 0 Å². The van der Waals surface area contributed by atoms with Gasteiger partial charge in [0.25, 0.3) is 0 Å². The molecule has 0 amide bonds. The van der Waals surface area contributed by atoms with Crippen LogP contribution < -0.4 is 4.90 Å². The summed E-state index contributed by atoms with van der Waals surface area (Å²) in [5.74, 6) is 0. The van der Waals surface area contributed by atoms with Crippen molar-refractivity contribution in [2.75, 3.05) is 4.90 Å². The van der Waals surface area contributed by atoms with E-state index in [0.717, 1.165) is 44.6 Å². The van der Waals surface area contributed by atoms with E-state index in [1.807, 2.05) is 0 Å². The van der Waals surface area contributed by atoms with Crippen LogP contribution in [0.25, 0.3) is 65.7 Å². The summed E-state index contributed by atoms with van der Waals surface area (Å²) < 4.78 is 6.94. The molecule has 1 aliphatic carbocycles. The van der Waals surface area contributed by atoms with E-state index >= 15 is 0 Å². The molecule has 1 heterocycles. The fraction of sp³-hybridized carbons (Fsp3) is 0.0638. The van der Waals surface area contributed by atoms with Crippen LogP contribution in [-0.2, 0) is 5.41 Å². The molecule has 1 aliphatic rings. The molecule has 0 spiro atoms. The van der Waals surface area contributed by atoms with Crippen molar-refractivity contribution in [3.05, 3.63) is 175 Å². The van der Waals surface area contributed by atoms with Gasteiger partial charge in [-0.25, -0.2) is 0 Å². The van der Waals surface area contributed by atoms with Crippen molar-refractivity contribution >= 4 is 60.5 Å². The molecule has 10 rings (SSSR count). The van der Waals surface area contributed by atoms with Crippen LogP contribution in [0.1, 0.15) is 25.0 Å². The lowest BCUT2D eigenvalue weighted by atomic mass is 9.82. The van der Waals surface area contributed by atoms with Crippen molar-refractivity contribution in [3.8, 4) is 22.3 Å². The molecular weight excluding hydrogens is 595 g/mol. The second kappa shape index (κ2) is 10.4. The first-order valence-corrected chi connectivity index (χ1v) is 17.0. The van der Waals surface area contributed by atoms with Crippen LogP contribution in [-0.4, -0.2) is 0 Å². The Morgan fingerprint density at radius 1 is 0.449 bits per heavy atom. The lowest BCUT2D eigenvalue weighted by Gasteiger charge is -2.29. The van der Waals surface area contributed by atoms with Crippen molar-refractivity contribution in [3.63, 3.8) is 0 Å². The monoisotopic (exact) mass is 627 g/mol. The molecule has 49 heavy (non-hydrogen) atoms. The zero-order valence-electron chi connectivity index (χ0n) is 27.4. The van der Waals surface area contributed by atoms with Gasteiger partial charge in [-0.15, -0.1) is 0 Å². The number of fused-ring (bicyclic) bond motifs is 8. The number of anilines is 3. The number of hydrogen-bond acceptors (Lipinski definition) is 2. The van der Waals surface area contributed by atoms with Gasteiger partial charge < -0.3 is 9.32 Å². The summed E-state index contributed by atoms with van der Waals surface area (Å²) in [4.78, 5) is 2.41. The molecular formula is C47H33NO. The largest absolute Gasteiger partial charge is 0.454 e. The van der Waals surface area contributed by atoms with Crippen LogP contribution in [0, 0.1) is 0 Å². The highest BCUT2D eigenvalue weighted by atomic mass is 16.3. The normalized spacial score (nSPS) is 13.3. The minimum atomic E-state index is -0.127. The summed E-state index contributed by atoms with van der Waals surface area (Å²) in [5.41, 5.74) is 12.5. The van der Waals surface area contributed by atoms with Crippen LogP contribution >= 0.6 is 0 Å². The van der Waals surface area contributed by atoms with Gasteiger partial charge in [0.1, 0.15) is 5.58 Å². The van der Waals surface area contributed by atoms with E-state index in [4.69, 9.17) is 4.42 Å². The van der Waals surface area contributed by atoms with Gasteiger partial charge in [0.2, 0.25) is 0 Å². The molecule has 0 N–H and O–H groups in total. The molecule has 232 valence electrons. The van der Waals surface area contributed by atoms with Crippen LogP contribution in [0.5, 0.6) is 0 Å². The Bertz CT molecular complexity index is 2750. The van der Waals surface area contributed by atoms with Crippen molar-refractivity contribution in [1.29, 1.82) is 0 Å². The molecule has 1 aromatic heterocycles. The Morgan fingerprint density at radius 3 is 1.90 bits per heavy atom. The van der Waals surface area contributed by atoms with E-state index in [-0.39, 0.29) is 5.41 Å². The molecule has 0 atom stereocenters. The third-order valence-corrected chi connectivity index (χ3v) is 10.6. The third kappa shape index (κ3) is 4.27. The first-order valence-electron chi connectivity index (χ1n) is 17.0. The highest BCUT2D eigenvalue weighted by molar-refractivity contribution is 6.15. The SMILES string of the molecule is CC1(C)c2ccccc2-c2ccc(N(c3ccc4ccccc4c3)c3cc(-c4ccccc4)cc4c3oc3cc5ccccc5cc34)cc21. The maximum atomic E-state index is 6.94. The molecule has 2 nitrogen and oxygen atoms in total. The first kappa shape index (κ1) is 27.9. The van der Waals surface area contributed by atoms with Gasteiger partial charge >= 0.3 is 0 Å². The van der Waals surface area contributed by atoms with Gasteiger partial charge in [-0.05, 0) is 103 Å². The average molecular weight is 628 g/mol. The van der Waals surface area contributed by atoms with Crippen molar-refractivity contribution in [2.45, 2.75) is 19.3 Å². The Hall–Kier alpha value is -6.12. The minimum Gasteiger partial charge on any atom is -0.454 e. The summed E-state index contributed by atoms with van der Waals surface area (Å²) in [5, 5.41) is 7.02. The average Bonchev–Trinajstić information content (AvgIpc) is 3.62. The highest BCUT2D eigenvalue weighted by Gasteiger charge is 2.36. The summed E-state index contributed by atoms with van der Waals surface area (Å²) in [6.07, 6.45) is 0. The minimum absolute atomic E-state index is 0.127. The van der Waals surface area contributed by atoms with Gasteiger partial charge in [0.15, 0.2) is 5.58 Å². The maximum absolute atomic E-state index is 6.94. The molecule has 0 radical (unpaired) electrons. The Labute approximate surface area is 285 Å². The predicted octanol–water partition coefficient (Wildman–Crippen LogP) is 13.3. The molecule has 0 bridgehead atoms. The van der Waals surface area contributed by atoms with Crippen LogP contribution in [0.15, 0.2) is 168 Å². The van der Waals surface area contributed by atoms with E-state index in [9.17, 15) is 0 Å². The molecule has 0 saturated heterocycles. The maximum Gasteiger partial charge on any atom is 0.159 e. The summed E-state index contributed by atoms with van der Waals surface area (Å²) >= 11 is 0. The lowest BCUT2D eigenvalue weighted by Crippen LogP contribution is -2.16. The number of hydrogen-bond donors (Lipinski definition) is 0. The van der Waals surface area contributed by atoms with E-state index < -0.39 is 0 Å². The van der Waals surface area contributed by atoms with Gasteiger partial charge in [-0.2, -0.15) is 0 Å². The quantitative estimate of drug-likeness (QED) is 0.193. The Balaban J connectivity index is 1.29. The van der Waals surface area contributed by atoms with Crippen molar-refractivity contribution < 1.29 is 4.42 Å². The predicted molar refractivity (Wildman–Crippen MR) is 206 cm³/mol. The molecule has 0 aliphatic heterocycles. The van der Waals surface area contributed by atoms with Crippen molar-refractivity contribution in [2.24, 2.45) is 0 Å². The Morgan fingerprint density at radius 2 is 1.08 bits per heavy atom. The number of benzene rings is 8. The van der Waals surface area contributed by atoms with E-state index in [0.29, 0.717) is 0 Å². The second-order valence-corrected chi connectivity index (χ2v) is 13.8. The van der Waals surface area contributed by atoms with Gasteiger partial charge in [0.05, 0.1) is 5.69 Å². The number of nitrogens with zero attached hydrogens (tertiary/aromatic N) is 1. The van der Waals surface area contributed by atoms with Crippen molar-refractivity contribution in [1.82, 2.24) is 0 Å². The summed E-state index contributed by atoms with van der Waals surface area (Å²) in [6.45, 7) is 4.69. The highest BCUT2D eigenvalue weighted by Crippen LogP contribution is 2.52.